The SMILES string of the molecule is CCC1(CC)Cc2ccccc2N2c3nccc(C(F)(F)F)c3N(c3ccccc3C)C21. The summed E-state index contributed by atoms with van der Waals surface area (Å²) in [5, 5.41) is 0. The standard InChI is InChI=1S/C26H26F3N3/c1-4-25(5-2)16-18-11-7-9-13-21(18)32-23-22(19(14-15-30-23)26(27,28)29)31(24(25)32)20-12-8-6-10-17(20)3/h6-15,24H,4-5,16H2,1-3H3. The van der Waals surface area contributed by atoms with Crippen LogP contribution in [0.4, 0.5) is 36.1 Å². The monoisotopic (exact) mass is 437 g/mol. The van der Waals surface area contributed by atoms with Crippen LogP contribution in [0.2, 0.25) is 0 Å². The third-order valence-corrected chi connectivity index (χ3v) is 7.29. The van der Waals surface area contributed by atoms with E-state index in [9.17, 15) is 13.2 Å². The van der Waals surface area contributed by atoms with E-state index in [0.717, 1.165) is 47.8 Å². The van der Waals surface area contributed by atoms with Gasteiger partial charge in [0.1, 0.15) is 6.17 Å². The van der Waals surface area contributed by atoms with Gasteiger partial charge < -0.3 is 9.80 Å². The van der Waals surface area contributed by atoms with E-state index < -0.39 is 11.7 Å². The van der Waals surface area contributed by atoms with Crippen molar-refractivity contribution in [1.82, 2.24) is 4.98 Å². The van der Waals surface area contributed by atoms with Gasteiger partial charge >= 0.3 is 6.18 Å². The third kappa shape index (κ3) is 2.85. The van der Waals surface area contributed by atoms with Crippen LogP contribution in [-0.4, -0.2) is 11.1 Å². The summed E-state index contributed by atoms with van der Waals surface area (Å²) in [6, 6.07) is 16.8. The zero-order valence-electron chi connectivity index (χ0n) is 18.4. The molecule has 0 radical (unpaired) electrons. The van der Waals surface area contributed by atoms with Crippen molar-refractivity contribution in [2.45, 2.75) is 52.4 Å². The maximum atomic E-state index is 14.3. The first-order valence-corrected chi connectivity index (χ1v) is 11.1. The Labute approximate surface area is 186 Å². The van der Waals surface area contributed by atoms with E-state index in [1.54, 1.807) is 0 Å². The van der Waals surface area contributed by atoms with E-state index in [0.29, 0.717) is 5.82 Å². The summed E-state index contributed by atoms with van der Waals surface area (Å²) in [5.74, 6) is 0.381. The number of anilines is 4. The number of hydrogen-bond donors (Lipinski definition) is 0. The summed E-state index contributed by atoms with van der Waals surface area (Å²) in [6.45, 7) is 6.25. The summed E-state index contributed by atoms with van der Waals surface area (Å²) in [7, 11) is 0. The second-order valence-corrected chi connectivity index (χ2v) is 8.80. The normalized spacial score (nSPS) is 18.9. The van der Waals surface area contributed by atoms with Crippen LogP contribution in [0.1, 0.15) is 43.4 Å². The fourth-order valence-corrected chi connectivity index (χ4v) is 5.55. The maximum absolute atomic E-state index is 14.3. The first kappa shape index (κ1) is 20.9. The van der Waals surface area contributed by atoms with Crippen molar-refractivity contribution in [2.24, 2.45) is 5.41 Å². The number of pyridine rings is 1. The molecule has 0 saturated carbocycles. The Morgan fingerprint density at radius 2 is 1.59 bits per heavy atom. The van der Waals surface area contributed by atoms with Gasteiger partial charge in [0.25, 0.3) is 0 Å². The average molecular weight is 438 g/mol. The number of aromatic nitrogens is 1. The molecule has 1 aromatic heterocycles. The van der Waals surface area contributed by atoms with E-state index in [4.69, 9.17) is 0 Å². The quantitative estimate of drug-likeness (QED) is 0.426. The molecular formula is C26H26F3N3. The molecule has 3 nitrogen and oxygen atoms in total. The lowest BCUT2D eigenvalue weighted by Crippen LogP contribution is -2.55. The number of nitrogens with zero attached hydrogens (tertiary/aromatic N) is 3. The number of hydrogen-bond acceptors (Lipinski definition) is 3. The predicted molar refractivity (Wildman–Crippen MR) is 122 cm³/mol. The highest BCUT2D eigenvalue weighted by molar-refractivity contribution is 5.90. The van der Waals surface area contributed by atoms with E-state index in [-0.39, 0.29) is 17.3 Å². The van der Waals surface area contributed by atoms with Crippen molar-refractivity contribution in [3.8, 4) is 0 Å². The molecule has 0 fully saturated rings. The molecule has 0 spiro atoms. The number of rotatable bonds is 3. The number of para-hydroxylation sites is 2. The molecule has 32 heavy (non-hydrogen) atoms. The molecule has 1 unspecified atom stereocenters. The van der Waals surface area contributed by atoms with Crippen LogP contribution in [0.5, 0.6) is 0 Å². The van der Waals surface area contributed by atoms with Crippen molar-refractivity contribution in [3.63, 3.8) is 0 Å². The number of fused-ring (bicyclic) bond motifs is 5. The maximum Gasteiger partial charge on any atom is 0.418 e. The van der Waals surface area contributed by atoms with Gasteiger partial charge in [0.2, 0.25) is 0 Å². The zero-order valence-corrected chi connectivity index (χ0v) is 18.4. The van der Waals surface area contributed by atoms with Gasteiger partial charge in [-0.1, -0.05) is 50.2 Å². The molecule has 0 aliphatic carbocycles. The second-order valence-electron chi connectivity index (χ2n) is 8.80. The Morgan fingerprint density at radius 1 is 0.938 bits per heavy atom. The van der Waals surface area contributed by atoms with E-state index in [2.05, 4.69) is 29.8 Å². The van der Waals surface area contributed by atoms with E-state index >= 15 is 0 Å². The van der Waals surface area contributed by atoms with E-state index in [1.807, 2.05) is 54.3 Å². The molecule has 1 atom stereocenters. The number of aryl methyl sites for hydroxylation is 1. The highest BCUT2D eigenvalue weighted by atomic mass is 19.4. The molecule has 5 rings (SSSR count). The van der Waals surface area contributed by atoms with Gasteiger partial charge in [0.05, 0.1) is 11.3 Å². The van der Waals surface area contributed by atoms with Gasteiger partial charge in [-0.15, -0.1) is 0 Å². The first-order valence-electron chi connectivity index (χ1n) is 11.1. The van der Waals surface area contributed by atoms with Gasteiger partial charge in [0, 0.05) is 23.0 Å². The average Bonchev–Trinajstić information content (AvgIpc) is 3.14. The van der Waals surface area contributed by atoms with Crippen LogP contribution in [-0.2, 0) is 12.6 Å². The second kappa shape index (κ2) is 7.26. The van der Waals surface area contributed by atoms with Crippen molar-refractivity contribution < 1.29 is 13.2 Å². The predicted octanol–water partition coefficient (Wildman–Crippen LogP) is 7.39. The number of alkyl halides is 3. The Bertz CT molecular complexity index is 1170. The molecule has 2 aromatic carbocycles. The lowest BCUT2D eigenvalue weighted by Gasteiger charge is -2.51. The zero-order chi connectivity index (χ0) is 22.7. The molecule has 3 heterocycles. The van der Waals surface area contributed by atoms with Crippen LogP contribution < -0.4 is 9.80 Å². The minimum atomic E-state index is -4.48. The molecule has 0 saturated heterocycles. The van der Waals surface area contributed by atoms with Gasteiger partial charge in [-0.3, -0.25) is 0 Å². The number of benzene rings is 2. The van der Waals surface area contributed by atoms with Crippen LogP contribution >= 0.6 is 0 Å². The summed E-state index contributed by atoms with van der Waals surface area (Å²) in [4.78, 5) is 8.52. The fraction of sp³-hybridized carbons (Fsp3) is 0.346. The molecule has 3 aromatic rings. The smallest absolute Gasteiger partial charge is 0.316 e. The van der Waals surface area contributed by atoms with Gasteiger partial charge in [-0.25, -0.2) is 4.98 Å². The van der Waals surface area contributed by atoms with Gasteiger partial charge in [-0.2, -0.15) is 13.2 Å². The Kier molecular flexibility index (Phi) is 4.73. The lowest BCUT2D eigenvalue weighted by molar-refractivity contribution is -0.137. The third-order valence-electron chi connectivity index (χ3n) is 7.29. The molecule has 2 aliphatic heterocycles. The molecule has 0 N–H and O–H groups in total. The Morgan fingerprint density at radius 3 is 2.25 bits per heavy atom. The minimum Gasteiger partial charge on any atom is -0.316 e. The Balaban J connectivity index is 1.89. The van der Waals surface area contributed by atoms with Crippen LogP contribution in [0.25, 0.3) is 0 Å². The summed E-state index contributed by atoms with van der Waals surface area (Å²) < 4.78 is 42.9. The van der Waals surface area contributed by atoms with Crippen molar-refractivity contribution in [2.75, 3.05) is 9.80 Å². The molecule has 0 bridgehead atoms. The molecule has 2 aliphatic rings. The van der Waals surface area contributed by atoms with Crippen molar-refractivity contribution >= 4 is 22.9 Å². The lowest BCUT2D eigenvalue weighted by atomic mass is 9.70. The minimum absolute atomic E-state index is 0.155. The molecule has 166 valence electrons. The summed E-state index contributed by atoms with van der Waals surface area (Å²) >= 11 is 0. The molecule has 0 amide bonds. The summed E-state index contributed by atoms with van der Waals surface area (Å²) in [5.41, 5.74) is 3.12. The first-order chi connectivity index (χ1) is 15.3. The fourth-order valence-electron chi connectivity index (χ4n) is 5.55. The van der Waals surface area contributed by atoms with Gasteiger partial charge in [0.15, 0.2) is 5.82 Å². The van der Waals surface area contributed by atoms with Crippen molar-refractivity contribution in [3.05, 3.63) is 77.5 Å². The largest absolute Gasteiger partial charge is 0.418 e. The van der Waals surface area contributed by atoms with Crippen molar-refractivity contribution in [1.29, 1.82) is 0 Å². The Hall–Kier alpha value is -3.02. The number of halogens is 3. The van der Waals surface area contributed by atoms with Crippen LogP contribution in [0.3, 0.4) is 0 Å². The molecule has 6 heteroatoms. The van der Waals surface area contributed by atoms with Crippen LogP contribution in [0, 0.1) is 12.3 Å². The molecular weight excluding hydrogens is 411 g/mol. The summed E-state index contributed by atoms with van der Waals surface area (Å²) in [6.07, 6.45) is -0.984. The van der Waals surface area contributed by atoms with E-state index in [1.165, 1.54) is 6.20 Å². The van der Waals surface area contributed by atoms with Crippen LogP contribution in [0.15, 0.2) is 60.8 Å². The highest BCUT2D eigenvalue weighted by Gasteiger charge is 2.55. The highest BCUT2D eigenvalue weighted by Crippen LogP contribution is 2.60. The van der Waals surface area contributed by atoms with Gasteiger partial charge in [-0.05, 0) is 55.5 Å². The topological polar surface area (TPSA) is 19.4 Å².